The van der Waals surface area contributed by atoms with E-state index in [0.717, 1.165) is 22.6 Å². The molecular formula is C24H20ClN3O2. The second-order valence-corrected chi connectivity index (χ2v) is 7.46. The molecule has 0 saturated heterocycles. The van der Waals surface area contributed by atoms with Crippen molar-refractivity contribution < 1.29 is 9.59 Å². The first kappa shape index (κ1) is 19.9. The van der Waals surface area contributed by atoms with Gasteiger partial charge in [0.2, 0.25) is 5.91 Å². The maximum absolute atomic E-state index is 12.5. The topological polar surface area (TPSA) is 63.5 Å². The number of Topliss-reactive ketones (excluding diaryl/α,β-unsaturated/α-hetero) is 1. The smallest absolute Gasteiger partial charge is 0.224 e. The normalized spacial score (nSPS) is 10.9. The highest BCUT2D eigenvalue weighted by Gasteiger charge is 2.15. The van der Waals surface area contributed by atoms with Crippen molar-refractivity contribution in [3.8, 4) is 11.3 Å². The highest BCUT2D eigenvalue weighted by Crippen LogP contribution is 2.27. The number of benzene rings is 2. The van der Waals surface area contributed by atoms with Gasteiger partial charge in [0.25, 0.3) is 0 Å². The molecule has 1 N–H and O–H groups in total. The summed E-state index contributed by atoms with van der Waals surface area (Å²) in [6.07, 6.45) is 2.79. The van der Waals surface area contributed by atoms with Crippen molar-refractivity contribution in [2.75, 3.05) is 5.32 Å². The van der Waals surface area contributed by atoms with Gasteiger partial charge in [0.1, 0.15) is 5.65 Å². The molecule has 30 heavy (non-hydrogen) atoms. The summed E-state index contributed by atoms with van der Waals surface area (Å²) in [5.41, 5.74) is 4.88. The van der Waals surface area contributed by atoms with Crippen LogP contribution < -0.4 is 5.32 Å². The number of ketones is 1. The number of aromatic nitrogens is 2. The lowest BCUT2D eigenvalue weighted by atomic mass is 10.1. The van der Waals surface area contributed by atoms with E-state index in [9.17, 15) is 9.59 Å². The Morgan fingerprint density at radius 1 is 1.00 bits per heavy atom. The Labute approximate surface area is 179 Å². The molecule has 0 saturated carbocycles. The van der Waals surface area contributed by atoms with Crippen molar-refractivity contribution in [3.05, 3.63) is 89.2 Å². The van der Waals surface area contributed by atoms with Gasteiger partial charge in [-0.15, -0.1) is 0 Å². The fourth-order valence-corrected chi connectivity index (χ4v) is 3.49. The summed E-state index contributed by atoms with van der Waals surface area (Å²) in [4.78, 5) is 28.7. The minimum atomic E-state index is -0.0986. The number of fused-ring (bicyclic) bond motifs is 1. The summed E-state index contributed by atoms with van der Waals surface area (Å²) < 4.78 is 2.01. The van der Waals surface area contributed by atoms with Crippen LogP contribution in [0.4, 0.5) is 5.69 Å². The highest BCUT2D eigenvalue weighted by atomic mass is 35.5. The molecule has 0 bridgehead atoms. The van der Waals surface area contributed by atoms with Gasteiger partial charge in [-0.3, -0.25) is 9.59 Å². The summed E-state index contributed by atoms with van der Waals surface area (Å²) in [6.45, 7) is 1.52. The summed E-state index contributed by atoms with van der Waals surface area (Å²) in [6, 6.07) is 20.3. The minimum absolute atomic E-state index is 0.00443. The third kappa shape index (κ3) is 4.26. The van der Waals surface area contributed by atoms with Crippen LogP contribution in [0.2, 0.25) is 5.02 Å². The number of hydrogen-bond acceptors (Lipinski definition) is 3. The zero-order valence-corrected chi connectivity index (χ0v) is 17.2. The van der Waals surface area contributed by atoms with Gasteiger partial charge < -0.3 is 9.72 Å². The molecule has 0 atom stereocenters. The highest BCUT2D eigenvalue weighted by molar-refractivity contribution is 6.30. The number of halogens is 1. The quantitative estimate of drug-likeness (QED) is 0.425. The van der Waals surface area contributed by atoms with E-state index in [0.29, 0.717) is 29.1 Å². The van der Waals surface area contributed by atoms with Crippen molar-refractivity contribution in [1.82, 2.24) is 9.38 Å². The molecule has 0 unspecified atom stereocenters. The van der Waals surface area contributed by atoms with E-state index < -0.39 is 0 Å². The Kier molecular flexibility index (Phi) is 5.63. The third-order valence-corrected chi connectivity index (χ3v) is 5.16. The Morgan fingerprint density at radius 3 is 2.43 bits per heavy atom. The molecule has 0 aliphatic heterocycles. The molecule has 0 spiro atoms. The number of hydrogen-bond donors (Lipinski definition) is 1. The molecule has 2 aromatic carbocycles. The Morgan fingerprint density at radius 2 is 1.73 bits per heavy atom. The van der Waals surface area contributed by atoms with Gasteiger partial charge in [-0.25, -0.2) is 4.98 Å². The average molecular weight is 418 g/mol. The van der Waals surface area contributed by atoms with E-state index in [1.54, 1.807) is 24.3 Å². The maximum atomic E-state index is 12.5. The molecule has 4 rings (SSSR count). The maximum Gasteiger partial charge on any atom is 0.224 e. The number of nitrogens with zero attached hydrogens (tertiary/aromatic N) is 2. The number of carbonyl (C=O) groups excluding carboxylic acids is 2. The Hall–Kier alpha value is -3.44. The average Bonchev–Trinajstić information content (AvgIpc) is 3.12. The first-order chi connectivity index (χ1) is 14.5. The van der Waals surface area contributed by atoms with Crippen LogP contribution in [0.1, 0.15) is 29.4 Å². The summed E-state index contributed by atoms with van der Waals surface area (Å²) in [5, 5.41) is 3.55. The summed E-state index contributed by atoms with van der Waals surface area (Å²) in [7, 11) is 0. The number of imidazole rings is 1. The standard InChI is InChI=1S/C24H20ClN3O2/c1-16(29)17-7-11-20(12-8-17)26-23(30)14-13-21-24(18-5-9-19(25)10-6-18)27-22-4-2-3-15-28(21)22/h2-12,15H,13-14H2,1H3,(H,26,30). The van der Waals surface area contributed by atoms with Crippen LogP contribution in [0, 0.1) is 0 Å². The second-order valence-electron chi connectivity index (χ2n) is 7.02. The number of aryl methyl sites for hydroxylation is 1. The molecule has 4 aromatic rings. The number of amides is 1. The molecular weight excluding hydrogens is 398 g/mol. The molecule has 0 radical (unpaired) electrons. The predicted molar refractivity (Wildman–Crippen MR) is 119 cm³/mol. The van der Waals surface area contributed by atoms with E-state index in [2.05, 4.69) is 5.32 Å². The van der Waals surface area contributed by atoms with Gasteiger partial charge in [0, 0.05) is 34.5 Å². The molecule has 0 aliphatic carbocycles. The SMILES string of the molecule is CC(=O)c1ccc(NC(=O)CCc2c(-c3ccc(Cl)cc3)nc3ccccn23)cc1. The van der Waals surface area contributed by atoms with Gasteiger partial charge in [-0.1, -0.05) is 29.8 Å². The van der Waals surface area contributed by atoms with Crippen LogP contribution in [0.15, 0.2) is 72.9 Å². The first-order valence-corrected chi connectivity index (χ1v) is 10.0. The van der Waals surface area contributed by atoms with Crippen molar-refractivity contribution in [3.63, 3.8) is 0 Å². The zero-order valence-electron chi connectivity index (χ0n) is 16.4. The monoisotopic (exact) mass is 417 g/mol. The largest absolute Gasteiger partial charge is 0.326 e. The first-order valence-electron chi connectivity index (χ1n) is 9.64. The lowest BCUT2D eigenvalue weighted by Gasteiger charge is -2.08. The fraction of sp³-hybridized carbons (Fsp3) is 0.125. The van der Waals surface area contributed by atoms with Gasteiger partial charge in [-0.05, 0) is 61.9 Å². The van der Waals surface area contributed by atoms with E-state index in [1.165, 1.54) is 6.92 Å². The molecule has 2 aromatic heterocycles. The van der Waals surface area contributed by atoms with Crippen LogP contribution in [-0.4, -0.2) is 21.1 Å². The van der Waals surface area contributed by atoms with E-state index in [4.69, 9.17) is 16.6 Å². The van der Waals surface area contributed by atoms with E-state index >= 15 is 0 Å². The lowest BCUT2D eigenvalue weighted by molar-refractivity contribution is -0.116. The lowest BCUT2D eigenvalue weighted by Crippen LogP contribution is -2.13. The number of rotatable bonds is 6. The van der Waals surface area contributed by atoms with Gasteiger partial charge >= 0.3 is 0 Å². The van der Waals surface area contributed by atoms with E-state index in [1.807, 2.05) is 53.1 Å². The molecule has 0 fully saturated rings. The molecule has 6 heteroatoms. The van der Waals surface area contributed by atoms with Gasteiger partial charge in [-0.2, -0.15) is 0 Å². The van der Waals surface area contributed by atoms with Gasteiger partial charge in [0.15, 0.2) is 5.78 Å². The van der Waals surface area contributed by atoms with Crippen LogP contribution in [0.5, 0.6) is 0 Å². The fourth-order valence-electron chi connectivity index (χ4n) is 3.37. The van der Waals surface area contributed by atoms with Gasteiger partial charge in [0.05, 0.1) is 11.4 Å². The summed E-state index contributed by atoms with van der Waals surface area (Å²) in [5.74, 6) is -0.103. The number of nitrogens with one attached hydrogen (secondary N) is 1. The van der Waals surface area contributed by atoms with Crippen LogP contribution >= 0.6 is 11.6 Å². The van der Waals surface area contributed by atoms with Crippen molar-refractivity contribution >= 4 is 34.6 Å². The van der Waals surface area contributed by atoms with E-state index in [-0.39, 0.29) is 11.7 Å². The molecule has 2 heterocycles. The molecule has 150 valence electrons. The van der Waals surface area contributed by atoms with Crippen molar-refractivity contribution in [2.45, 2.75) is 19.8 Å². The summed E-state index contributed by atoms with van der Waals surface area (Å²) >= 11 is 6.03. The number of carbonyl (C=O) groups is 2. The number of anilines is 1. The number of pyridine rings is 1. The third-order valence-electron chi connectivity index (χ3n) is 4.91. The van der Waals surface area contributed by atoms with Crippen LogP contribution in [0.25, 0.3) is 16.9 Å². The Balaban J connectivity index is 1.54. The van der Waals surface area contributed by atoms with Crippen molar-refractivity contribution in [2.24, 2.45) is 0 Å². The molecule has 5 nitrogen and oxygen atoms in total. The Bertz CT molecular complexity index is 1210. The molecule has 1 amide bonds. The van der Waals surface area contributed by atoms with Crippen LogP contribution in [0.3, 0.4) is 0 Å². The van der Waals surface area contributed by atoms with Crippen LogP contribution in [-0.2, 0) is 11.2 Å². The van der Waals surface area contributed by atoms with Crippen molar-refractivity contribution in [1.29, 1.82) is 0 Å². The zero-order chi connectivity index (χ0) is 21.1. The molecule has 0 aliphatic rings. The predicted octanol–water partition coefficient (Wildman–Crippen LogP) is 5.43. The second kappa shape index (κ2) is 8.51. The minimum Gasteiger partial charge on any atom is -0.326 e.